The van der Waals surface area contributed by atoms with Gasteiger partial charge in [-0.3, -0.25) is 9.59 Å². The van der Waals surface area contributed by atoms with Crippen LogP contribution in [-0.4, -0.2) is 15.6 Å². The Kier molecular flexibility index (Phi) is 4.41. The Morgan fingerprint density at radius 1 is 1.12 bits per heavy atom. The van der Waals surface area contributed by atoms with Gasteiger partial charge in [0.1, 0.15) is 6.54 Å². The number of rotatable bonds is 3. The van der Waals surface area contributed by atoms with Gasteiger partial charge in [0.15, 0.2) is 5.43 Å². The van der Waals surface area contributed by atoms with E-state index in [2.05, 4.69) is 0 Å². The smallest absolute Gasteiger partial charge is 0.323 e. The summed E-state index contributed by atoms with van der Waals surface area (Å²) in [5, 5.41) is 10.8. The monoisotopic (exact) mass is 389 g/mol. The zero-order valence-electron chi connectivity index (χ0n) is 14.0. The van der Waals surface area contributed by atoms with Gasteiger partial charge < -0.3 is 9.67 Å². The third kappa shape index (κ3) is 2.78. The number of halogens is 2. The maximum Gasteiger partial charge on any atom is 0.323 e. The van der Waals surface area contributed by atoms with Crippen molar-refractivity contribution in [3.05, 3.63) is 56.2 Å². The number of carbonyl (C=O) groups is 1. The lowest BCUT2D eigenvalue weighted by Crippen LogP contribution is -2.16. The van der Waals surface area contributed by atoms with Crippen molar-refractivity contribution in [2.45, 2.75) is 38.1 Å². The van der Waals surface area contributed by atoms with E-state index in [4.69, 9.17) is 23.2 Å². The van der Waals surface area contributed by atoms with Crippen molar-refractivity contribution < 1.29 is 9.90 Å². The molecule has 0 atom stereocenters. The fraction of sp³-hybridized carbons (Fsp3) is 0.300. The third-order valence-corrected chi connectivity index (χ3v) is 6.06. The largest absolute Gasteiger partial charge is 0.480 e. The van der Waals surface area contributed by atoms with Crippen LogP contribution in [0.2, 0.25) is 10.0 Å². The van der Waals surface area contributed by atoms with Gasteiger partial charge in [-0.1, -0.05) is 42.1 Å². The normalized spacial score (nSPS) is 15.2. The van der Waals surface area contributed by atoms with Gasteiger partial charge in [-0.25, -0.2) is 0 Å². The highest BCUT2D eigenvalue weighted by Gasteiger charge is 2.21. The predicted octanol–water partition coefficient (Wildman–Crippen LogP) is 5.20. The van der Waals surface area contributed by atoms with Crippen LogP contribution in [0.5, 0.6) is 0 Å². The molecule has 4 rings (SSSR count). The van der Waals surface area contributed by atoms with Crippen LogP contribution in [0, 0.1) is 0 Å². The molecule has 1 N–H and O–H groups in total. The average Bonchev–Trinajstić information content (AvgIpc) is 3.15. The lowest BCUT2D eigenvalue weighted by Gasteiger charge is -2.17. The van der Waals surface area contributed by atoms with E-state index in [1.165, 1.54) is 12.8 Å². The molecule has 1 fully saturated rings. The number of hydrogen-bond donors (Lipinski definition) is 1. The Morgan fingerprint density at radius 2 is 1.81 bits per heavy atom. The molecule has 134 valence electrons. The number of aromatic nitrogens is 1. The maximum absolute atomic E-state index is 13.0. The van der Waals surface area contributed by atoms with E-state index >= 15 is 0 Å². The summed E-state index contributed by atoms with van der Waals surface area (Å²) >= 11 is 12.5. The number of carboxylic acids is 1. The molecular weight excluding hydrogens is 373 g/mol. The first-order chi connectivity index (χ1) is 12.5. The lowest BCUT2D eigenvalue weighted by atomic mass is 9.96. The highest BCUT2D eigenvalue weighted by molar-refractivity contribution is 6.45. The van der Waals surface area contributed by atoms with Crippen LogP contribution in [0.1, 0.15) is 37.2 Å². The van der Waals surface area contributed by atoms with Crippen LogP contribution in [0.3, 0.4) is 0 Å². The summed E-state index contributed by atoms with van der Waals surface area (Å²) in [5.41, 5.74) is 1.96. The Bertz CT molecular complexity index is 1100. The number of pyridine rings is 1. The Labute approximate surface area is 159 Å². The fourth-order valence-electron chi connectivity index (χ4n) is 4.03. The number of fused-ring (bicyclic) bond motifs is 2. The molecule has 0 saturated heterocycles. The number of hydrogen-bond acceptors (Lipinski definition) is 2. The second kappa shape index (κ2) is 6.60. The van der Waals surface area contributed by atoms with Crippen molar-refractivity contribution in [3.63, 3.8) is 0 Å². The highest BCUT2D eigenvalue weighted by Crippen LogP contribution is 2.36. The molecule has 1 aromatic heterocycles. The quantitative estimate of drug-likeness (QED) is 0.625. The SMILES string of the molecule is O=C(O)Cn1c2cc(C3CCCC3)ccc2c(=O)c2ccc(Cl)c(Cl)c21. The van der Waals surface area contributed by atoms with Crippen molar-refractivity contribution >= 4 is 51.0 Å². The first kappa shape index (κ1) is 17.4. The molecule has 0 bridgehead atoms. The molecular formula is C20H17Cl2NO3. The van der Waals surface area contributed by atoms with Crippen molar-refractivity contribution in [1.29, 1.82) is 0 Å². The van der Waals surface area contributed by atoms with E-state index in [-0.39, 0.29) is 17.0 Å². The van der Waals surface area contributed by atoms with Crippen LogP contribution >= 0.6 is 23.2 Å². The summed E-state index contributed by atoms with van der Waals surface area (Å²) in [6.45, 7) is -0.290. The van der Waals surface area contributed by atoms with E-state index < -0.39 is 5.97 Å². The second-order valence-corrected chi connectivity index (χ2v) is 7.61. The zero-order valence-corrected chi connectivity index (χ0v) is 15.5. The van der Waals surface area contributed by atoms with Crippen molar-refractivity contribution in [2.75, 3.05) is 0 Å². The van der Waals surface area contributed by atoms with Crippen molar-refractivity contribution in [1.82, 2.24) is 4.57 Å². The fourth-order valence-corrected chi connectivity index (χ4v) is 4.45. The summed E-state index contributed by atoms with van der Waals surface area (Å²) in [4.78, 5) is 24.5. The van der Waals surface area contributed by atoms with Gasteiger partial charge in [0.25, 0.3) is 0 Å². The molecule has 1 saturated carbocycles. The molecule has 0 unspecified atom stereocenters. The van der Waals surface area contributed by atoms with Crippen LogP contribution in [0.15, 0.2) is 35.1 Å². The molecule has 4 nitrogen and oxygen atoms in total. The van der Waals surface area contributed by atoms with Gasteiger partial charge in [0.2, 0.25) is 0 Å². The van der Waals surface area contributed by atoms with Gasteiger partial charge in [0.05, 0.1) is 21.1 Å². The summed E-state index contributed by atoms with van der Waals surface area (Å²) in [7, 11) is 0. The molecule has 26 heavy (non-hydrogen) atoms. The van der Waals surface area contributed by atoms with Gasteiger partial charge >= 0.3 is 5.97 Å². The second-order valence-electron chi connectivity index (χ2n) is 6.82. The molecule has 0 radical (unpaired) electrons. The molecule has 0 amide bonds. The Hall–Kier alpha value is -2.04. The van der Waals surface area contributed by atoms with E-state index in [1.54, 1.807) is 16.7 Å². The molecule has 0 spiro atoms. The third-order valence-electron chi connectivity index (χ3n) is 5.26. The number of aliphatic carboxylic acids is 1. The lowest BCUT2D eigenvalue weighted by molar-refractivity contribution is -0.137. The Balaban J connectivity index is 2.12. The first-order valence-corrected chi connectivity index (χ1v) is 9.39. The molecule has 0 aliphatic heterocycles. The molecule has 1 heterocycles. The Morgan fingerprint density at radius 3 is 2.50 bits per heavy atom. The molecule has 6 heteroatoms. The topological polar surface area (TPSA) is 59.3 Å². The minimum atomic E-state index is -1.00. The minimum Gasteiger partial charge on any atom is -0.480 e. The number of carboxylic acid groups (broad SMARTS) is 1. The summed E-state index contributed by atoms with van der Waals surface area (Å²) in [6.07, 6.45) is 4.64. The van der Waals surface area contributed by atoms with E-state index in [0.29, 0.717) is 32.7 Å². The van der Waals surface area contributed by atoms with Crippen molar-refractivity contribution in [2.24, 2.45) is 0 Å². The van der Waals surface area contributed by atoms with Crippen LogP contribution in [0.4, 0.5) is 0 Å². The minimum absolute atomic E-state index is 0.159. The summed E-state index contributed by atoms with van der Waals surface area (Å²) in [5.74, 6) is -0.545. The number of benzene rings is 2. The predicted molar refractivity (Wildman–Crippen MR) is 105 cm³/mol. The van der Waals surface area contributed by atoms with Gasteiger partial charge in [0, 0.05) is 10.8 Å². The van der Waals surface area contributed by atoms with Gasteiger partial charge in [-0.05, 0) is 48.6 Å². The zero-order chi connectivity index (χ0) is 18.4. The van der Waals surface area contributed by atoms with Crippen LogP contribution in [-0.2, 0) is 11.3 Å². The van der Waals surface area contributed by atoms with Crippen molar-refractivity contribution in [3.8, 4) is 0 Å². The molecule has 2 aromatic carbocycles. The summed E-state index contributed by atoms with van der Waals surface area (Å²) in [6, 6.07) is 8.93. The van der Waals surface area contributed by atoms with Gasteiger partial charge in [-0.15, -0.1) is 0 Å². The van der Waals surface area contributed by atoms with E-state index in [0.717, 1.165) is 18.4 Å². The molecule has 3 aromatic rings. The standard InChI is InChI=1S/C20H17Cl2NO3/c21-15-8-7-14-19(18(15)22)23(10-17(24)25)16-9-12(11-3-1-2-4-11)5-6-13(16)20(14)26/h5-9,11H,1-4,10H2,(H,24,25). The maximum atomic E-state index is 13.0. The van der Waals surface area contributed by atoms with Gasteiger partial charge in [-0.2, -0.15) is 0 Å². The van der Waals surface area contributed by atoms with Crippen LogP contribution < -0.4 is 5.43 Å². The average molecular weight is 390 g/mol. The highest BCUT2D eigenvalue weighted by atomic mass is 35.5. The van der Waals surface area contributed by atoms with E-state index in [9.17, 15) is 14.7 Å². The van der Waals surface area contributed by atoms with E-state index in [1.807, 2.05) is 18.2 Å². The van der Waals surface area contributed by atoms with Crippen LogP contribution in [0.25, 0.3) is 21.8 Å². The summed E-state index contributed by atoms with van der Waals surface area (Å²) < 4.78 is 1.60. The molecule has 1 aliphatic rings. The number of nitrogens with zero attached hydrogens (tertiary/aromatic N) is 1. The molecule has 1 aliphatic carbocycles. The first-order valence-electron chi connectivity index (χ1n) is 8.63.